The number of Topliss-reactive ketones (excluding diaryl/α,β-unsaturated/α-hetero) is 1. The number of carbonyl (C=O) groups is 3. The lowest BCUT2D eigenvalue weighted by molar-refractivity contribution is -0.141. The van der Waals surface area contributed by atoms with Gasteiger partial charge in [0.2, 0.25) is 5.91 Å². The molecular formula is C12H14N2O4. The van der Waals surface area contributed by atoms with Crippen molar-refractivity contribution >= 4 is 17.7 Å². The van der Waals surface area contributed by atoms with Crippen molar-refractivity contribution in [2.24, 2.45) is 11.7 Å². The fraction of sp³-hybridized carbons (Fsp3) is 0.417. The number of ketones is 1. The van der Waals surface area contributed by atoms with Crippen molar-refractivity contribution < 1.29 is 19.5 Å². The van der Waals surface area contributed by atoms with Crippen LogP contribution in [0.1, 0.15) is 20.3 Å². The Balaban J connectivity index is 4.64. The molecule has 1 amide bonds. The van der Waals surface area contributed by atoms with E-state index in [1.165, 1.54) is 13.8 Å². The summed E-state index contributed by atoms with van der Waals surface area (Å²) in [6, 6.07) is 1.03. The van der Waals surface area contributed by atoms with Crippen LogP contribution in [-0.2, 0) is 14.4 Å². The number of aliphatic carboxylic acids is 1. The van der Waals surface area contributed by atoms with E-state index in [4.69, 9.17) is 10.8 Å². The lowest BCUT2D eigenvalue weighted by atomic mass is 10.1. The van der Waals surface area contributed by atoms with E-state index in [-0.39, 0.29) is 12.2 Å². The van der Waals surface area contributed by atoms with Crippen LogP contribution in [0, 0.1) is 29.7 Å². The van der Waals surface area contributed by atoms with Crippen molar-refractivity contribution in [1.82, 2.24) is 5.32 Å². The fourth-order valence-corrected chi connectivity index (χ4v) is 1.02. The minimum Gasteiger partial charge on any atom is -0.481 e. The van der Waals surface area contributed by atoms with Gasteiger partial charge >= 0.3 is 5.97 Å². The van der Waals surface area contributed by atoms with Crippen LogP contribution in [0.25, 0.3) is 0 Å². The molecule has 4 N–H and O–H groups in total. The molecule has 2 atom stereocenters. The Kier molecular flexibility index (Phi) is 6.68. The van der Waals surface area contributed by atoms with Crippen LogP contribution in [0.15, 0.2) is 0 Å². The Morgan fingerprint density at radius 2 is 1.94 bits per heavy atom. The molecule has 0 heterocycles. The van der Waals surface area contributed by atoms with Crippen molar-refractivity contribution in [3.05, 3.63) is 0 Å². The van der Waals surface area contributed by atoms with Crippen LogP contribution in [0.2, 0.25) is 0 Å². The highest BCUT2D eigenvalue weighted by Gasteiger charge is 2.20. The summed E-state index contributed by atoms with van der Waals surface area (Å²) in [6.45, 7) is 2.71. The van der Waals surface area contributed by atoms with Crippen LogP contribution >= 0.6 is 0 Å². The van der Waals surface area contributed by atoms with Crippen LogP contribution < -0.4 is 11.1 Å². The summed E-state index contributed by atoms with van der Waals surface area (Å²) < 4.78 is 0. The Hall–Kier alpha value is -2.47. The molecule has 6 heteroatoms. The Morgan fingerprint density at radius 3 is 2.39 bits per heavy atom. The summed E-state index contributed by atoms with van der Waals surface area (Å²) in [6.07, 6.45) is -0.313. The second-order valence-electron chi connectivity index (χ2n) is 3.59. The number of hydrogen-bond donors (Lipinski definition) is 3. The Morgan fingerprint density at radius 1 is 1.33 bits per heavy atom. The number of carboxylic acids is 1. The predicted octanol–water partition coefficient (Wildman–Crippen LogP) is -0.906. The zero-order valence-electron chi connectivity index (χ0n) is 10.1. The molecule has 0 aliphatic rings. The molecule has 0 aliphatic heterocycles. The summed E-state index contributed by atoms with van der Waals surface area (Å²) >= 11 is 0. The number of nitrogens with two attached hydrogens (primary N) is 1. The number of amides is 1. The highest BCUT2D eigenvalue weighted by Crippen LogP contribution is 2.02. The predicted molar refractivity (Wildman–Crippen MR) is 63.8 cm³/mol. The number of rotatable bonds is 5. The smallest absolute Gasteiger partial charge is 0.304 e. The topological polar surface area (TPSA) is 109 Å². The average molecular weight is 250 g/mol. The molecule has 0 aromatic carbocycles. The quantitative estimate of drug-likeness (QED) is 0.432. The zero-order chi connectivity index (χ0) is 14.1. The maximum atomic E-state index is 11.6. The minimum atomic E-state index is -1.09. The summed E-state index contributed by atoms with van der Waals surface area (Å²) in [5.74, 6) is 4.24. The fourth-order valence-electron chi connectivity index (χ4n) is 1.02. The molecule has 0 saturated carbocycles. The van der Waals surface area contributed by atoms with Gasteiger partial charge in [0, 0.05) is 17.9 Å². The van der Waals surface area contributed by atoms with E-state index in [1.54, 1.807) is 0 Å². The Labute approximate surface area is 105 Å². The first kappa shape index (κ1) is 15.5. The average Bonchev–Trinajstić information content (AvgIpc) is 2.26. The van der Waals surface area contributed by atoms with E-state index < -0.39 is 23.8 Å². The molecule has 0 rings (SSSR count). The monoisotopic (exact) mass is 250 g/mol. The van der Waals surface area contributed by atoms with Crippen LogP contribution in [-0.4, -0.2) is 28.8 Å². The summed E-state index contributed by atoms with van der Waals surface area (Å²) in [5, 5.41) is 10.9. The molecule has 1 unspecified atom stereocenters. The number of carbonyl (C=O) groups excluding carboxylic acids is 2. The van der Waals surface area contributed by atoms with Gasteiger partial charge in [-0.05, 0) is 12.8 Å². The van der Waals surface area contributed by atoms with Crippen molar-refractivity contribution in [2.45, 2.75) is 26.3 Å². The minimum absolute atomic E-state index is 0.313. The standard InChI is InChI=1S/C12H14N2O4/c1-8(7-11(16)17)12(18)14-10(9(2)15)5-3-4-6-13/h8,10H,7,13H2,1-2H3,(H,14,18)(H,16,17)/t8?,10-/m1/s1. The molecule has 0 bridgehead atoms. The van der Waals surface area contributed by atoms with Gasteiger partial charge in [0.05, 0.1) is 6.42 Å². The third kappa shape index (κ3) is 6.19. The van der Waals surface area contributed by atoms with E-state index in [9.17, 15) is 14.4 Å². The third-order valence-corrected chi connectivity index (χ3v) is 1.97. The SMILES string of the molecule is CC(=O)[C@@H](C#CC#CN)NC(=O)C(C)CC(=O)O. The zero-order valence-corrected chi connectivity index (χ0v) is 10.1. The van der Waals surface area contributed by atoms with Gasteiger partial charge in [0.15, 0.2) is 5.78 Å². The van der Waals surface area contributed by atoms with E-state index >= 15 is 0 Å². The molecule has 0 fully saturated rings. The number of carboxylic acid groups (broad SMARTS) is 1. The van der Waals surface area contributed by atoms with Gasteiger partial charge in [-0.3, -0.25) is 14.4 Å². The van der Waals surface area contributed by atoms with Gasteiger partial charge < -0.3 is 16.2 Å². The number of nitrogens with one attached hydrogen (secondary N) is 1. The van der Waals surface area contributed by atoms with Crippen molar-refractivity contribution in [1.29, 1.82) is 0 Å². The van der Waals surface area contributed by atoms with Crippen molar-refractivity contribution in [2.75, 3.05) is 0 Å². The second-order valence-corrected chi connectivity index (χ2v) is 3.59. The maximum absolute atomic E-state index is 11.6. The second kappa shape index (κ2) is 7.75. The Bertz CT molecular complexity index is 462. The molecule has 0 aromatic heterocycles. The van der Waals surface area contributed by atoms with E-state index in [0.717, 1.165) is 0 Å². The molecule has 0 radical (unpaired) electrons. The highest BCUT2D eigenvalue weighted by atomic mass is 16.4. The largest absolute Gasteiger partial charge is 0.481 e. The molecule has 0 aliphatic carbocycles. The van der Waals surface area contributed by atoms with Crippen molar-refractivity contribution in [3.63, 3.8) is 0 Å². The summed E-state index contributed by atoms with van der Waals surface area (Å²) in [5.41, 5.74) is 4.89. The van der Waals surface area contributed by atoms with Crippen molar-refractivity contribution in [3.8, 4) is 23.8 Å². The lowest BCUT2D eigenvalue weighted by Crippen LogP contribution is -2.41. The highest BCUT2D eigenvalue weighted by molar-refractivity contribution is 5.91. The van der Waals surface area contributed by atoms with Gasteiger partial charge in [0.1, 0.15) is 6.04 Å². The number of hydrogen-bond acceptors (Lipinski definition) is 4. The third-order valence-electron chi connectivity index (χ3n) is 1.97. The molecule has 18 heavy (non-hydrogen) atoms. The molecule has 0 saturated heterocycles. The summed E-state index contributed by atoms with van der Waals surface area (Å²) in [7, 11) is 0. The van der Waals surface area contributed by atoms with E-state index in [2.05, 4.69) is 23.1 Å². The molecular weight excluding hydrogens is 236 g/mol. The molecule has 6 nitrogen and oxygen atoms in total. The first-order valence-electron chi connectivity index (χ1n) is 5.12. The van der Waals surface area contributed by atoms with E-state index in [0.29, 0.717) is 0 Å². The van der Waals surface area contributed by atoms with Gasteiger partial charge in [-0.15, -0.1) is 0 Å². The lowest BCUT2D eigenvalue weighted by Gasteiger charge is -2.13. The molecule has 96 valence electrons. The maximum Gasteiger partial charge on any atom is 0.304 e. The van der Waals surface area contributed by atoms with E-state index in [1.807, 2.05) is 6.04 Å². The normalized spacial score (nSPS) is 11.9. The first-order chi connectivity index (χ1) is 8.38. The van der Waals surface area contributed by atoms with Gasteiger partial charge in [0.25, 0.3) is 0 Å². The molecule has 0 aromatic rings. The molecule has 0 spiro atoms. The van der Waals surface area contributed by atoms with Gasteiger partial charge in [-0.1, -0.05) is 12.8 Å². The van der Waals surface area contributed by atoms with Crippen LogP contribution in [0.5, 0.6) is 0 Å². The van der Waals surface area contributed by atoms with Crippen LogP contribution in [0.4, 0.5) is 0 Å². The first-order valence-corrected chi connectivity index (χ1v) is 5.12. The van der Waals surface area contributed by atoms with Gasteiger partial charge in [-0.2, -0.15) is 0 Å². The van der Waals surface area contributed by atoms with Crippen LogP contribution in [0.3, 0.4) is 0 Å². The summed E-state index contributed by atoms with van der Waals surface area (Å²) in [4.78, 5) is 33.2. The van der Waals surface area contributed by atoms with Gasteiger partial charge in [-0.25, -0.2) is 0 Å².